The summed E-state index contributed by atoms with van der Waals surface area (Å²) in [5, 5.41) is 3.41. The van der Waals surface area contributed by atoms with Gasteiger partial charge in [-0.2, -0.15) is 13.2 Å². The number of hydrogen-bond donors (Lipinski definition) is 1. The second-order valence-corrected chi connectivity index (χ2v) is 9.53. The van der Waals surface area contributed by atoms with E-state index in [1.807, 2.05) is 23.1 Å². The first-order valence-electron chi connectivity index (χ1n) is 11.7. The smallest absolute Gasteiger partial charge is 0.366 e. The molecule has 2 atom stereocenters. The quantitative estimate of drug-likeness (QED) is 0.452. The van der Waals surface area contributed by atoms with Crippen molar-refractivity contribution in [2.45, 2.75) is 25.2 Å². The lowest BCUT2D eigenvalue weighted by Gasteiger charge is -2.50. The van der Waals surface area contributed by atoms with E-state index in [-0.39, 0.29) is 24.9 Å². The van der Waals surface area contributed by atoms with Crippen LogP contribution in [0.2, 0.25) is 5.02 Å². The zero-order valence-electron chi connectivity index (χ0n) is 19.2. The molecule has 1 saturated heterocycles. The van der Waals surface area contributed by atoms with Gasteiger partial charge in [0.05, 0.1) is 28.2 Å². The van der Waals surface area contributed by atoms with Gasteiger partial charge in [0.15, 0.2) is 0 Å². The maximum absolute atomic E-state index is 14.1. The third-order valence-corrected chi connectivity index (χ3v) is 7.30. The highest BCUT2D eigenvalue weighted by molar-refractivity contribution is 6.33. The molecule has 0 aromatic heterocycles. The molecule has 2 aliphatic rings. The molecule has 0 saturated carbocycles. The molecule has 2 heterocycles. The van der Waals surface area contributed by atoms with Crippen LogP contribution in [-0.2, 0) is 23.9 Å². The lowest BCUT2D eigenvalue weighted by Crippen LogP contribution is -2.61. The number of para-hydroxylation sites is 1. The summed E-state index contributed by atoms with van der Waals surface area (Å²) >= 11 is 6.43. The van der Waals surface area contributed by atoms with Crippen molar-refractivity contribution in [3.05, 3.63) is 94.3 Å². The molecular weight excluding hydrogens is 494 g/mol. The standard InChI is InChI=1S/C27H24ClF4N3O/c28-21-6-2-4-8-24(21)34-11-12-35-23-10-9-19(27(30,31)32)13-18(23)14-20(25(35)16-34)26(36)33-15-17-5-1-3-7-22(17)29/h1-10,13,20,25H,11-12,14-16H2,(H,33,36). The molecule has 0 aliphatic carbocycles. The summed E-state index contributed by atoms with van der Waals surface area (Å²) in [5.41, 5.74) is 1.66. The van der Waals surface area contributed by atoms with E-state index >= 15 is 0 Å². The Kier molecular flexibility index (Phi) is 6.55. The number of nitrogens with zero attached hydrogens (tertiary/aromatic N) is 2. The summed E-state index contributed by atoms with van der Waals surface area (Å²) in [5.74, 6) is -1.37. The Morgan fingerprint density at radius 2 is 1.75 bits per heavy atom. The molecule has 1 fully saturated rings. The number of rotatable bonds is 4. The molecular formula is C27H24ClF4N3O. The van der Waals surface area contributed by atoms with E-state index in [1.165, 1.54) is 12.1 Å². The molecule has 5 rings (SSSR count). The summed E-state index contributed by atoms with van der Waals surface area (Å²) in [7, 11) is 0. The highest BCUT2D eigenvalue weighted by atomic mass is 35.5. The molecule has 4 nitrogen and oxygen atoms in total. The fraction of sp³-hybridized carbons (Fsp3) is 0.296. The Hall–Kier alpha value is -3.26. The first kappa shape index (κ1) is 24.4. The van der Waals surface area contributed by atoms with Gasteiger partial charge >= 0.3 is 6.18 Å². The number of anilines is 2. The zero-order chi connectivity index (χ0) is 25.4. The Balaban J connectivity index is 1.46. The number of amides is 1. The van der Waals surface area contributed by atoms with E-state index in [2.05, 4.69) is 10.2 Å². The number of benzene rings is 3. The molecule has 36 heavy (non-hydrogen) atoms. The van der Waals surface area contributed by atoms with Gasteiger partial charge in [0.1, 0.15) is 5.82 Å². The van der Waals surface area contributed by atoms with E-state index in [0.717, 1.165) is 17.8 Å². The molecule has 2 unspecified atom stereocenters. The number of hydrogen-bond acceptors (Lipinski definition) is 3. The van der Waals surface area contributed by atoms with Gasteiger partial charge in [-0.3, -0.25) is 4.79 Å². The fourth-order valence-electron chi connectivity index (χ4n) is 5.18. The summed E-state index contributed by atoms with van der Waals surface area (Å²) in [4.78, 5) is 17.5. The van der Waals surface area contributed by atoms with Gasteiger partial charge in [0.2, 0.25) is 5.91 Å². The van der Waals surface area contributed by atoms with Crippen molar-refractivity contribution in [1.82, 2.24) is 5.32 Å². The van der Waals surface area contributed by atoms with Gasteiger partial charge in [-0.25, -0.2) is 4.39 Å². The highest BCUT2D eigenvalue weighted by Gasteiger charge is 2.43. The van der Waals surface area contributed by atoms with Crippen LogP contribution >= 0.6 is 11.6 Å². The van der Waals surface area contributed by atoms with Gasteiger partial charge in [-0.05, 0) is 48.4 Å². The number of halogens is 5. The number of alkyl halides is 3. The Morgan fingerprint density at radius 1 is 1.00 bits per heavy atom. The van der Waals surface area contributed by atoms with Crippen molar-refractivity contribution < 1.29 is 22.4 Å². The minimum absolute atomic E-state index is 0.00159. The predicted molar refractivity (Wildman–Crippen MR) is 132 cm³/mol. The lowest BCUT2D eigenvalue weighted by atomic mass is 9.82. The Labute approximate surface area is 211 Å². The van der Waals surface area contributed by atoms with E-state index in [4.69, 9.17) is 11.6 Å². The molecule has 188 valence electrons. The second-order valence-electron chi connectivity index (χ2n) is 9.12. The van der Waals surface area contributed by atoms with Gasteiger partial charge in [-0.1, -0.05) is 41.9 Å². The third-order valence-electron chi connectivity index (χ3n) is 6.98. The van der Waals surface area contributed by atoms with Crippen LogP contribution in [-0.4, -0.2) is 31.6 Å². The third kappa shape index (κ3) is 4.74. The molecule has 1 N–H and O–H groups in total. The second kappa shape index (κ2) is 9.65. The normalized spacial score (nSPS) is 19.5. The van der Waals surface area contributed by atoms with Crippen molar-refractivity contribution in [3.8, 4) is 0 Å². The van der Waals surface area contributed by atoms with Crippen molar-refractivity contribution in [1.29, 1.82) is 0 Å². The van der Waals surface area contributed by atoms with Crippen LogP contribution < -0.4 is 15.1 Å². The van der Waals surface area contributed by atoms with Crippen LogP contribution in [0.5, 0.6) is 0 Å². The van der Waals surface area contributed by atoms with Crippen molar-refractivity contribution in [3.63, 3.8) is 0 Å². The summed E-state index contributed by atoms with van der Waals surface area (Å²) < 4.78 is 54.4. The molecule has 3 aromatic rings. The maximum atomic E-state index is 14.1. The van der Waals surface area contributed by atoms with Gasteiger partial charge in [0, 0.05) is 37.4 Å². The average Bonchev–Trinajstić information content (AvgIpc) is 2.86. The Bertz CT molecular complexity index is 1280. The number of carbonyl (C=O) groups excluding carboxylic acids is 1. The van der Waals surface area contributed by atoms with E-state index in [9.17, 15) is 22.4 Å². The molecule has 0 bridgehead atoms. The van der Waals surface area contributed by atoms with Gasteiger partial charge in [-0.15, -0.1) is 0 Å². The number of carbonyl (C=O) groups is 1. The summed E-state index contributed by atoms with van der Waals surface area (Å²) in [6.07, 6.45) is -4.32. The average molecular weight is 518 g/mol. The maximum Gasteiger partial charge on any atom is 0.416 e. The Morgan fingerprint density at radius 3 is 2.50 bits per heavy atom. The van der Waals surface area contributed by atoms with Gasteiger partial charge in [0.25, 0.3) is 0 Å². The van der Waals surface area contributed by atoms with Crippen LogP contribution in [0.3, 0.4) is 0 Å². The van der Waals surface area contributed by atoms with Crippen LogP contribution in [0.15, 0.2) is 66.7 Å². The van der Waals surface area contributed by atoms with E-state index < -0.39 is 23.5 Å². The lowest BCUT2D eigenvalue weighted by molar-refractivity contribution is -0.137. The molecule has 0 spiro atoms. The van der Waals surface area contributed by atoms with E-state index in [0.29, 0.717) is 41.5 Å². The SMILES string of the molecule is O=C(NCc1ccccc1F)C1Cc2cc(C(F)(F)F)ccc2N2CCN(c3ccccc3Cl)CC12. The first-order valence-corrected chi connectivity index (χ1v) is 12.1. The van der Waals surface area contributed by atoms with Crippen LogP contribution in [0.4, 0.5) is 28.9 Å². The summed E-state index contributed by atoms with van der Waals surface area (Å²) in [6, 6.07) is 17.1. The number of fused-ring (bicyclic) bond motifs is 3. The fourth-order valence-corrected chi connectivity index (χ4v) is 5.44. The molecule has 9 heteroatoms. The van der Waals surface area contributed by atoms with Crippen molar-refractivity contribution in [2.75, 3.05) is 29.4 Å². The predicted octanol–water partition coefficient (Wildman–Crippen LogP) is 5.68. The minimum Gasteiger partial charge on any atom is -0.366 e. The molecule has 0 radical (unpaired) electrons. The summed E-state index contributed by atoms with van der Waals surface area (Å²) in [6.45, 7) is 1.59. The van der Waals surface area contributed by atoms with Crippen molar-refractivity contribution >= 4 is 28.9 Å². The number of nitrogens with one attached hydrogen (secondary N) is 1. The largest absolute Gasteiger partial charge is 0.416 e. The van der Waals surface area contributed by atoms with Crippen molar-refractivity contribution in [2.24, 2.45) is 5.92 Å². The van der Waals surface area contributed by atoms with Gasteiger partial charge < -0.3 is 15.1 Å². The monoisotopic (exact) mass is 517 g/mol. The minimum atomic E-state index is -4.47. The van der Waals surface area contributed by atoms with E-state index in [1.54, 1.807) is 24.3 Å². The molecule has 2 aliphatic heterocycles. The van der Waals surface area contributed by atoms with Crippen LogP contribution in [0, 0.1) is 11.7 Å². The molecule has 1 amide bonds. The van der Waals surface area contributed by atoms with Crippen LogP contribution in [0.1, 0.15) is 16.7 Å². The van der Waals surface area contributed by atoms with Crippen LogP contribution in [0.25, 0.3) is 0 Å². The number of piperazine rings is 1. The highest BCUT2D eigenvalue weighted by Crippen LogP contribution is 2.41. The first-order chi connectivity index (χ1) is 17.2. The molecule has 3 aromatic carbocycles. The zero-order valence-corrected chi connectivity index (χ0v) is 20.0. The topological polar surface area (TPSA) is 35.6 Å².